The van der Waals surface area contributed by atoms with E-state index in [2.05, 4.69) is 15.6 Å². The number of carbonyl (C=O) groups excluding carboxylic acids is 1. The van der Waals surface area contributed by atoms with Crippen LogP contribution in [-0.4, -0.2) is 10.9 Å². The van der Waals surface area contributed by atoms with Crippen LogP contribution >= 0.6 is 0 Å². The maximum Gasteiger partial charge on any atom is 0.416 e. The van der Waals surface area contributed by atoms with Crippen molar-refractivity contribution in [2.24, 2.45) is 0 Å². The van der Waals surface area contributed by atoms with Gasteiger partial charge in [0.1, 0.15) is 5.82 Å². The average Bonchev–Trinajstić information content (AvgIpc) is 2.82. The van der Waals surface area contributed by atoms with Gasteiger partial charge < -0.3 is 10.6 Å². The van der Waals surface area contributed by atoms with Crippen LogP contribution in [0, 0.1) is 0 Å². The van der Waals surface area contributed by atoms with Crippen LogP contribution in [0.2, 0.25) is 0 Å². The van der Waals surface area contributed by atoms with E-state index >= 15 is 0 Å². The van der Waals surface area contributed by atoms with Crippen LogP contribution < -0.4 is 10.6 Å². The van der Waals surface area contributed by atoms with Crippen molar-refractivity contribution in [2.45, 2.75) is 12.1 Å². The molecule has 0 aliphatic carbocycles. The molecule has 0 spiro atoms. The Labute approximate surface area is 189 Å². The van der Waals surface area contributed by atoms with E-state index < -0.39 is 17.7 Å². The van der Waals surface area contributed by atoms with E-state index in [0.717, 1.165) is 23.3 Å². The molecule has 1 amide bonds. The molecule has 166 valence electrons. The summed E-state index contributed by atoms with van der Waals surface area (Å²) < 4.78 is 38.7. The first-order chi connectivity index (χ1) is 15.9. The summed E-state index contributed by atoms with van der Waals surface area (Å²) in [4.78, 5) is 17.4. The molecular formula is C26H20F3N3O. The zero-order chi connectivity index (χ0) is 23.3. The summed E-state index contributed by atoms with van der Waals surface area (Å²) in [5.74, 6) is -0.363. The number of halogens is 3. The lowest BCUT2D eigenvalue weighted by molar-refractivity contribution is -0.137. The van der Waals surface area contributed by atoms with E-state index in [0.29, 0.717) is 11.5 Å². The van der Waals surface area contributed by atoms with Gasteiger partial charge >= 0.3 is 6.18 Å². The molecule has 33 heavy (non-hydrogen) atoms. The van der Waals surface area contributed by atoms with Gasteiger partial charge in [-0.3, -0.25) is 4.79 Å². The topological polar surface area (TPSA) is 54.0 Å². The molecule has 0 unspecified atom stereocenters. The number of carbonyl (C=O) groups is 1. The number of benzene rings is 3. The predicted octanol–water partition coefficient (Wildman–Crippen LogP) is 6.61. The molecule has 0 aliphatic heterocycles. The maximum atomic E-state index is 13.2. The molecule has 0 atom stereocenters. The Hall–Kier alpha value is -4.13. The summed E-state index contributed by atoms with van der Waals surface area (Å²) in [6, 6.07) is 27.0. The van der Waals surface area contributed by atoms with Gasteiger partial charge in [-0.05, 0) is 41.5 Å². The molecule has 1 aromatic heterocycles. The van der Waals surface area contributed by atoms with Gasteiger partial charge in [-0.15, -0.1) is 0 Å². The number of aromatic nitrogens is 1. The van der Waals surface area contributed by atoms with Gasteiger partial charge in [0, 0.05) is 5.69 Å². The Morgan fingerprint density at radius 1 is 0.758 bits per heavy atom. The number of hydrogen-bond acceptors (Lipinski definition) is 3. The second kappa shape index (κ2) is 9.56. The molecule has 0 radical (unpaired) electrons. The van der Waals surface area contributed by atoms with E-state index in [1.165, 1.54) is 18.3 Å². The quantitative estimate of drug-likeness (QED) is 0.350. The Bertz CT molecular complexity index is 1170. The SMILES string of the molecule is O=C(Nc1ccc(Nc2cccc(C(F)(F)F)c2)nc1)C(c1ccccc1)c1ccccc1. The molecule has 4 rings (SSSR count). The summed E-state index contributed by atoms with van der Waals surface area (Å²) >= 11 is 0. The van der Waals surface area contributed by atoms with Crippen molar-refractivity contribution in [3.63, 3.8) is 0 Å². The maximum absolute atomic E-state index is 13.2. The van der Waals surface area contributed by atoms with Crippen LogP contribution in [0.25, 0.3) is 0 Å². The third-order valence-electron chi connectivity index (χ3n) is 5.02. The van der Waals surface area contributed by atoms with Gasteiger partial charge in [-0.25, -0.2) is 4.98 Å². The van der Waals surface area contributed by atoms with Crippen LogP contribution in [0.15, 0.2) is 103 Å². The van der Waals surface area contributed by atoms with Gasteiger partial charge in [-0.1, -0.05) is 66.7 Å². The molecule has 0 fully saturated rings. The van der Waals surface area contributed by atoms with Gasteiger partial charge in [-0.2, -0.15) is 13.2 Å². The molecule has 3 aromatic carbocycles. The highest BCUT2D eigenvalue weighted by Gasteiger charge is 2.30. The number of anilines is 3. The normalized spacial score (nSPS) is 11.3. The van der Waals surface area contributed by atoms with Crippen LogP contribution in [0.3, 0.4) is 0 Å². The second-order valence-electron chi connectivity index (χ2n) is 7.38. The molecule has 0 saturated heterocycles. The number of rotatable bonds is 6. The number of amides is 1. The molecular weight excluding hydrogens is 427 g/mol. The Kier molecular flexibility index (Phi) is 6.40. The molecule has 0 saturated carbocycles. The zero-order valence-electron chi connectivity index (χ0n) is 17.4. The highest BCUT2D eigenvalue weighted by Crippen LogP contribution is 2.31. The third kappa shape index (κ3) is 5.57. The number of pyridine rings is 1. The highest BCUT2D eigenvalue weighted by molar-refractivity contribution is 5.98. The smallest absolute Gasteiger partial charge is 0.340 e. The van der Waals surface area contributed by atoms with Gasteiger partial charge in [0.2, 0.25) is 5.91 Å². The summed E-state index contributed by atoms with van der Waals surface area (Å²) in [5, 5.41) is 5.73. The summed E-state index contributed by atoms with van der Waals surface area (Å²) in [6.07, 6.45) is -2.96. The van der Waals surface area contributed by atoms with E-state index in [-0.39, 0.29) is 11.6 Å². The number of nitrogens with zero attached hydrogens (tertiary/aromatic N) is 1. The fourth-order valence-electron chi connectivity index (χ4n) is 3.46. The predicted molar refractivity (Wildman–Crippen MR) is 122 cm³/mol. The minimum atomic E-state index is -4.42. The molecule has 1 heterocycles. The Balaban J connectivity index is 1.49. The van der Waals surface area contributed by atoms with Crippen molar-refractivity contribution in [1.82, 2.24) is 4.98 Å². The summed E-state index contributed by atoms with van der Waals surface area (Å²) in [7, 11) is 0. The van der Waals surface area contributed by atoms with E-state index in [4.69, 9.17) is 0 Å². The Morgan fingerprint density at radius 3 is 1.94 bits per heavy atom. The standard InChI is InChI=1S/C26H20F3N3O/c27-26(28,29)20-12-7-13-21(16-20)31-23-15-14-22(17-30-23)32-25(33)24(18-8-3-1-4-9-18)19-10-5-2-6-11-19/h1-17,24H,(H,30,31)(H,32,33). The molecule has 4 nitrogen and oxygen atoms in total. The van der Waals surface area contributed by atoms with Crippen molar-refractivity contribution >= 4 is 23.1 Å². The number of alkyl halides is 3. The first-order valence-corrected chi connectivity index (χ1v) is 10.2. The largest absolute Gasteiger partial charge is 0.416 e. The van der Waals surface area contributed by atoms with Crippen molar-refractivity contribution in [1.29, 1.82) is 0 Å². The first kappa shape index (κ1) is 22.1. The van der Waals surface area contributed by atoms with Crippen LogP contribution in [0.1, 0.15) is 22.6 Å². The van der Waals surface area contributed by atoms with Crippen molar-refractivity contribution in [3.05, 3.63) is 120 Å². The van der Waals surface area contributed by atoms with E-state index in [1.54, 1.807) is 12.1 Å². The van der Waals surface area contributed by atoms with Crippen molar-refractivity contribution in [3.8, 4) is 0 Å². The minimum absolute atomic E-state index is 0.215. The van der Waals surface area contributed by atoms with E-state index in [1.807, 2.05) is 60.7 Å². The lowest BCUT2D eigenvalue weighted by atomic mass is 9.90. The van der Waals surface area contributed by atoms with Gasteiger partial charge in [0.15, 0.2) is 0 Å². The first-order valence-electron chi connectivity index (χ1n) is 10.2. The van der Waals surface area contributed by atoms with Crippen molar-refractivity contribution in [2.75, 3.05) is 10.6 Å². The van der Waals surface area contributed by atoms with Gasteiger partial charge in [0.05, 0.1) is 23.4 Å². The molecule has 0 aliphatic rings. The summed E-state index contributed by atoms with van der Waals surface area (Å²) in [6.45, 7) is 0. The number of hydrogen-bond donors (Lipinski definition) is 2. The van der Waals surface area contributed by atoms with Crippen LogP contribution in [0.5, 0.6) is 0 Å². The van der Waals surface area contributed by atoms with Crippen LogP contribution in [-0.2, 0) is 11.0 Å². The number of nitrogens with one attached hydrogen (secondary N) is 2. The van der Waals surface area contributed by atoms with Gasteiger partial charge in [0.25, 0.3) is 0 Å². The highest BCUT2D eigenvalue weighted by atomic mass is 19.4. The van der Waals surface area contributed by atoms with Crippen molar-refractivity contribution < 1.29 is 18.0 Å². The minimum Gasteiger partial charge on any atom is -0.340 e. The Morgan fingerprint density at radius 2 is 1.39 bits per heavy atom. The second-order valence-corrected chi connectivity index (χ2v) is 7.38. The lowest BCUT2D eigenvalue weighted by Crippen LogP contribution is -2.22. The average molecular weight is 447 g/mol. The molecule has 4 aromatic rings. The zero-order valence-corrected chi connectivity index (χ0v) is 17.4. The monoisotopic (exact) mass is 447 g/mol. The lowest BCUT2D eigenvalue weighted by Gasteiger charge is -2.18. The molecule has 0 bridgehead atoms. The molecule has 2 N–H and O–H groups in total. The fraction of sp³-hybridized carbons (Fsp3) is 0.0769. The van der Waals surface area contributed by atoms with E-state index in [9.17, 15) is 18.0 Å². The summed E-state index contributed by atoms with van der Waals surface area (Å²) in [5.41, 5.74) is 1.71. The third-order valence-corrected chi connectivity index (χ3v) is 5.02. The fourth-order valence-corrected chi connectivity index (χ4v) is 3.46. The molecule has 7 heteroatoms. The van der Waals surface area contributed by atoms with Crippen LogP contribution in [0.4, 0.5) is 30.4 Å².